The topological polar surface area (TPSA) is 42.7 Å². The van der Waals surface area contributed by atoms with Gasteiger partial charge in [-0.1, -0.05) is 0 Å². The van der Waals surface area contributed by atoms with E-state index in [1.807, 2.05) is 48.5 Å². The van der Waals surface area contributed by atoms with Gasteiger partial charge in [-0.25, -0.2) is 0 Å². The van der Waals surface area contributed by atoms with Gasteiger partial charge < -0.3 is 5.32 Å². The van der Waals surface area contributed by atoms with Crippen molar-refractivity contribution in [2.24, 2.45) is 7.05 Å². The molecule has 2 aromatic rings. The molecular weight excluding hydrogens is 212 g/mol. The maximum Gasteiger partial charge on any atom is 0.0547 e. The highest BCUT2D eigenvalue weighted by atomic mass is 15.3. The van der Waals surface area contributed by atoms with Gasteiger partial charge in [0, 0.05) is 37.7 Å². The summed E-state index contributed by atoms with van der Waals surface area (Å²) in [5, 5.41) is 7.74. The Morgan fingerprint density at radius 2 is 1.76 bits per heavy atom. The van der Waals surface area contributed by atoms with Gasteiger partial charge >= 0.3 is 0 Å². The Bertz CT molecular complexity index is 463. The first-order chi connectivity index (χ1) is 8.18. The van der Waals surface area contributed by atoms with E-state index >= 15 is 0 Å². The molecule has 0 amide bonds. The van der Waals surface area contributed by atoms with E-state index in [0.717, 1.165) is 0 Å². The highest BCUT2D eigenvalue weighted by molar-refractivity contribution is 5.15. The van der Waals surface area contributed by atoms with Crippen LogP contribution in [-0.4, -0.2) is 14.8 Å². The molecule has 2 atom stereocenters. The van der Waals surface area contributed by atoms with E-state index < -0.39 is 0 Å². The van der Waals surface area contributed by atoms with Crippen molar-refractivity contribution < 1.29 is 0 Å². The largest absolute Gasteiger partial charge is 0.302 e. The number of nitrogens with zero attached hydrogens (tertiary/aromatic N) is 3. The van der Waals surface area contributed by atoms with Crippen molar-refractivity contribution in [3.63, 3.8) is 0 Å². The van der Waals surface area contributed by atoms with Gasteiger partial charge in [0.25, 0.3) is 0 Å². The Labute approximate surface area is 102 Å². The number of hydrogen-bond acceptors (Lipinski definition) is 3. The fourth-order valence-electron chi connectivity index (χ4n) is 2.02. The minimum absolute atomic E-state index is 0.269. The Morgan fingerprint density at radius 1 is 1.06 bits per heavy atom. The first kappa shape index (κ1) is 11.8. The molecule has 0 bridgehead atoms. The van der Waals surface area contributed by atoms with E-state index in [0.29, 0.717) is 6.04 Å². The highest BCUT2D eigenvalue weighted by Crippen LogP contribution is 2.17. The molecule has 4 heteroatoms. The molecule has 4 nitrogen and oxygen atoms in total. The maximum absolute atomic E-state index is 4.18. The lowest BCUT2D eigenvalue weighted by Crippen LogP contribution is -2.24. The van der Waals surface area contributed by atoms with Gasteiger partial charge in [0.2, 0.25) is 0 Å². The molecule has 2 rings (SSSR count). The zero-order valence-corrected chi connectivity index (χ0v) is 10.5. The van der Waals surface area contributed by atoms with Crippen molar-refractivity contribution >= 4 is 0 Å². The minimum atomic E-state index is 0.269. The molecule has 0 aliphatic carbocycles. The Morgan fingerprint density at radius 3 is 2.35 bits per heavy atom. The van der Waals surface area contributed by atoms with Gasteiger partial charge in [0.15, 0.2) is 0 Å². The van der Waals surface area contributed by atoms with Crippen LogP contribution < -0.4 is 5.32 Å². The summed E-state index contributed by atoms with van der Waals surface area (Å²) in [6.07, 6.45) is 5.47. The van der Waals surface area contributed by atoms with Crippen LogP contribution >= 0.6 is 0 Å². The smallest absolute Gasteiger partial charge is 0.0547 e. The van der Waals surface area contributed by atoms with Crippen molar-refractivity contribution in [1.29, 1.82) is 0 Å². The van der Waals surface area contributed by atoms with E-state index in [-0.39, 0.29) is 6.04 Å². The fraction of sp³-hybridized carbons (Fsp3) is 0.385. The normalized spacial score (nSPS) is 14.5. The van der Waals surface area contributed by atoms with Crippen molar-refractivity contribution in [2.75, 3.05) is 0 Å². The SMILES string of the molecule is CC(N[C@H](C)c1ccncc1)c1ccnn1C. The minimum Gasteiger partial charge on any atom is -0.302 e. The predicted molar refractivity (Wildman–Crippen MR) is 67.4 cm³/mol. The summed E-state index contributed by atoms with van der Waals surface area (Å²) in [4.78, 5) is 4.03. The zero-order chi connectivity index (χ0) is 12.3. The number of aryl methyl sites for hydroxylation is 1. The number of aromatic nitrogens is 3. The number of pyridine rings is 1. The molecule has 1 N–H and O–H groups in total. The molecule has 0 aliphatic rings. The number of rotatable bonds is 4. The van der Waals surface area contributed by atoms with Crippen molar-refractivity contribution in [1.82, 2.24) is 20.1 Å². The lowest BCUT2D eigenvalue weighted by Gasteiger charge is -2.20. The number of hydrogen-bond donors (Lipinski definition) is 1. The van der Waals surface area contributed by atoms with Crippen molar-refractivity contribution in [3.8, 4) is 0 Å². The molecule has 2 heterocycles. The molecule has 0 fully saturated rings. The quantitative estimate of drug-likeness (QED) is 0.875. The van der Waals surface area contributed by atoms with Crippen LogP contribution in [0.3, 0.4) is 0 Å². The molecule has 17 heavy (non-hydrogen) atoms. The van der Waals surface area contributed by atoms with Crippen LogP contribution in [0.25, 0.3) is 0 Å². The van der Waals surface area contributed by atoms with E-state index in [4.69, 9.17) is 0 Å². The third-order valence-electron chi connectivity index (χ3n) is 3.01. The van der Waals surface area contributed by atoms with Crippen LogP contribution in [0.1, 0.15) is 37.2 Å². The van der Waals surface area contributed by atoms with E-state index in [9.17, 15) is 0 Å². The van der Waals surface area contributed by atoms with E-state index in [1.54, 1.807) is 0 Å². The van der Waals surface area contributed by atoms with Gasteiger partial charge in [-0.3, -0.25) is 9.67 Å². The average Bonchev–Trinajstić information content (AvgIpc) is 2.76. The molecule has 0 radical (unpaired) electrons. The zero-order valence-electron chi connectivity index (χ0n) is 10.5. The summed E-state index contributed by atoms with van der Waals surface area (Å²) >= 11 is 0. The molecule has 2 aromatic heterocycles. The lowest BCUT2D eigenvalue weighted by molar-refractivity contribution is 0.469. The second-order valence-electron chi connectivity index (χ2n) is 4.27. The highest BCUT2D eigenvalue weighted by Gasteiger charge is 2.13. The van der Waals surface area contributed by atoms with Crippen LogP contribution in [0.15, 0.2) is 36.8 Å². The third-order valence-corrected chi connectivity index (χ3v) is 3.01. The Balaban J connectivity index is 2.05. The standard InChI is InChI=1S/C13H18N4/c1-10(12-4-7-14-8-5-12)16-11(2)13-6-9-15-17(13)3/h4-11,16H,1-3H3/t10-,11?/m1/s1. The summed E-state index contributed by atoms with van der Waals surface area (Å²) < 4.78 is 1.90. The Kier molecular flexibility index (Phi) is 3.54. The molecule has 0 saturated carbocycles. The average molecular weight is 230 g/mol. The first-order valence-corrected chi connectivity index (χ1v) is 5.82. The lowest BCUT2D eigenvalue weighted by atomic mass is 10.1. The summed E-state index contributed by atoms with van der Waals surface area (Å²) in [5.41, 5.74) is 2.43. The number of nitrogens with one attached hydrogen (secondary N) is 1. The van der Waals surface area contributed by atoms with Gasteiger partial charge in [-0.15, -0.1) is 0 Å². The molecule has 0 aliphatic heterocycles. The first-order valence-electron chi connectivity index (χ1n) is 5.82. The predicted octanol–water partition coefficient (Wildman–Crippen LogP) is 2.23. The van der Waals surface area contributed by atoms with Gasteiger partial charge in [0.05, 0.1) is 5.69 Å². The second kappa shape index (κ2) is 5.10. The third kappa shape index (κ3) is 2.71. The van der Waals surface area contributed by atoms with Crippen LogP contribution in [0.4, 0.5) is 0 Å². The Hall–Kier alpha value is -1.68. The maximum atomic E-state index is 4.18. The van der Waals surface area contributed by atoms with Crippen molar-refractivity contribution in [3.05, 3.63) is 48.0 Å². The van der Waals surface area contributed by atoms with Crippen LogP contribution in [0.2, 0.25) is 0 Å². The summed E-state index contributed by atoms with van der Waals surface area (Å²) in [6.45, 7) is 4.30. The summed E-state index contributed by atoms with van der Waals surface area (Å²) in [5.74, 6) is 0. The van der Waals surface area contributed by atoms with Crippen LogP contribution in [-0.2, 0) is 7.05 Å². The van der Waals surface area contributed by atoms with Crippen LogP contribution in [0.5, 0.6) is 0 Å². The van der Waals surface area contributed by atoms with Gasteiger partial charge in [-0.2, -0.15) is 5.10 Å². The van der Waals surface area contributed by atoms with E-state index in [1.165, 1.54) is 11.3 Å². The molecule has 1 unspecified atom stereocenters. The van der Waals surface area contributed by atoms with Gasteiger partial charge in [-0.05, 0) is 37.6 Å². The summed E-state index contributed by atoms with van der Waals surface area (Å²) in [6, 6.07) is 6.67. The second-order valence-corrected chi connectivity index (χ2v) is 4.27. The molecule has 0 aromatic carbocycles. The monoisotopic (exact) mass is 230 g/mol. The molecule has 0 spiro atoms. The van der Waals surface area contributed by atoms with Crippen molar-refractivity contribution in [2.45, 2.75) is 25.9 Å². The summed E-state index contributed by atoms with van der Waals surface area (Å²) in [7, 11) is 1.96. The molecular formula is C13H18N4. The van der Waals surface area contributed by atoms with Crippen LogP contribution in [0, 0.1) is 0 Å². The molecule has 90 valence electrons. The van der Waals surface area contributed by atoms with E-state index in [2.05, 4.69) is 29.2 Å². The fourth-order valence-corrected chi connectivity index (χ4v) is 2.02. The molecule has 0 saturated heterocycles. The van der Waals surface area contributed by atoms with Gasteiger partial charge in [0.1, 0.15) is 0 Å².